The van der Waals surface area contributed by atoms with E-state index >= 15 is 0 Å². The Labute approximate surface area is 151 Å². The van der Waals surface area contributed by atoms with Gasteiger partial charge in [0.15, 0.2) is 0 Å². The topological polar surface area (TPSA) is 12.5 Å². The molecule has 2 nitrogen and oxygen atoms in total. The van der Waals surface area contributed by atoms with Gasteiger partial charge >= 0.3 is 6.18 Å². The molecule has 0 saturated carbocycles. The normalized spacial score (nSPS) is 25.7. The van der Waals surface area contributed by atoms with Crippen LogP contribution in [0.25, 0.3) is 0 Å². The van der Waals surface area contributed by atoms with Crippen molar-refractivity contribution in [3.8, 4) is 5.75 Å². The Balaban J connectivity index is 1.84. The SMILES string of the molecule is COc1ccc2c(c1)C1C(CCCN1C)C2c1cccc(C(F)(F)F)c1. The molecule has 2 aromatic rings. The quantitative estimate of drug-likeness (QED) is 0.725. The van der Waals surface area contributed by atoms with E-state index in [1.54, 1.807) is 7.11 Å². The molecule has 1 aliphatic heterocycles. The number of methoxy groups -OCH3 is 1. The van der Waals surface area contributed by atoms with E-state index in [0.29, 0.717) is 5.92 Å². The molecule has 0 radical (unpaired) electrons. The second-order valence-electron chi connectivity index (χ2n) is 7.33. The van der Waals surface area contributed by atoms with Crippen LogP contribution in [0.4, 0.5) is 13.2 Å². The number of nitrogens with zero attached hydrogens (tertiary/aromatic N) is 1. The molecule has 0 amide bonds. The average molecular weight is 361 g/mol. The maximum absolute atomic E-state index is 13.2. The second-order valence-corrected chi connectivity index (χ2v) is 7.33. The number of benzene rings is 2. The predicted molar refractivity (Wildman–Crippen MR) is 94.4 cm³/mol. The molecule has 2 aliphatic rings. The number of hydrogen-bond donors (Lipinski definition) is 0. The highest BCUT2D eigenvalue weighted by Gasteiger charge is 2.45. The molecule has 1 aliphatic carbocycles. The molecule has 2 aromatic carbocycles. The maximum Gasteiger partial charge on any atom is 0.416 e. The lowest BCUT2D eigenvalue weighted by Crippen LogP contribution is -2.34. The molecule has 26 heavy (non-hydrogen) atoms. The van der Waals surface area contributed by atoms with Crippen molar-refractivity contribution < 1.29 is 17.9 Å². The van der Waals surface area contributed by atoms with Gasteiger partial charge in [-0.05, 0) is 67.2 Å². The minimum atomic E-state index is -4.32. The first kappa shape index (κ1) is 17.4. The van der Waals surface area contributed by atoms with Gasteiger partial charge in [-0.15, -0.1) is 0 Å². The Morgan fingerprint density at radius 1 is 1.08 bits per heavy atom. The van der Waals surface area contributed by atoms with Gasteiger partial charge in [0, 0.05) is 12.0 Å². The number of rotatable bonds is 2. The molecule has 0 N–H and O–H groups in total. The minimum Gasteiger partial charge on any atom is -0.497 e. The van der Waals surface area contributed by atoms with E-state index in [4.69, 9.17) is 4.74 Å². The van der Waals surface area contributed by atoms with Crippen LogP contribution in [0.15, 0.2) is 42.5 Å². The summed E-state index contributed by atoms with van der Waals surface area (Å²) in [6.45, 7) is 1.01. The molecule has 1 fully saturated rings. The second kappa shape index (κ2) is 6.31. The van der Waals surface area contributed by atoms with E-state index < -0.39 is 11.7 Å². The lowest BCUT2D eigenvalue weighted by atomic mass is 9.79. The zero-order chi connectivity index (χ0) is 18.5. The van der Waals surface area contributed by atoms with Crippen LogP contribution < -0.4 is 4.74 Å². The van der Waals surface area contributed by atoms with E-state index in [0.717, 1.165) is 42.3 Å². The van der Waals surface area contributed by atoms with Crippen molar-refractivity contribution in [3.05, 3.63) is 64.7 Å². The number of halogens is 3. The molecule has 0 bridgehead atoms. The molecule has 1 heterocycles. The third kappa shape index (κ3) is 2.78. The van der Waals surface area contributed by atoms with Crippen LogP contribution >= 0.6 is 0 Å². The fourth-order valence-corrected chi connectivity index (χ4v) is 4.80. The monoisotopic (exact) mass is 361 g/mol. The summed E-state index contributed by atoms with van der Waals surface area (Å²) in [5.74, 6) is 1.08. The van der Waals surface area contributed by atoms with E-state index in [1.165, 1.54) is 17.7 Å². The first-order valence-electron chi connectivity index (χ1n) is 8.95. The minimum absolute atomic E-state index is 0.00837. The Hall–Kier alpha value is -2.01. The van der Waals surface area contributed by atoms with E-state index in [9.17, 15) is 13.2 Å². The predicted octanol–water partition coefficient (Wildman–Crippen LogP) is 5.24. The van der Waals surface area contributed by atoms with Gasteiger partial charge in [0.25, 0.3) is 0 Å². The maximum atomic E-state index is 13.2. The number of hydrogen-bond acceptors (Lipinski definition) is 2. The molecular formula is C21H22F3NO. The molecule has 5 heteroatoms. The Morgan fingerprint density at radius 3 is 2.62 bits per heavy atom. The summed E-state index contributed by atoms with van der Waals surface area (Å²) < 4.78 is 45.1. The molecular weight excluding hydrogens is 339 g/mol. The smallest absolute Gasteiger partial charge is 0.416 e. The van der Waals surface area contributed by atoms with Crippen LogP contribution in [0.1, 0.15) is 47.1 Å². The lowest BCUT2D eigenvalue weighted by Gasteiger charge is -2.37. The molecule has 3 unspecified atom stereocenters. The van der Waals surface area contributed by atoms with Gasteiger partial charge < -0.3 is 4.74 Å². The molecule has 138 valence electrons. The van der Waals surface area contributed by atoms with Gasteiger partial charge in [0.1, 0.15) is 5.75 Å². The van der Waals surface area contributed by atoms with Crippen molar-refractivity contribution in [2.45, 2.75) is 31.0 Å². The Morgan fingerprint density at radius 2 is 1.88 bits per heavy atom. The van der Waals surface area contributed by atoms with Crippen molar-refractivity contribution in [2.75, 3.05) is 20.7 Å². The fourth-order valence-electron chi connectivity index (χ4n) is 4.80. The average Bonchev–Trinajstić information content (AvgIpc) is 2.95. The zero-order valence-electron chi connectivity index (χ0n) is 14.9. The molecule has 0 spiro atoms. The first-order chi connectivity index (χ1) is 12.4. The Kier molecular flexibility index (Phi) is 4.22. The van der Waals surface area contributed by atoms with Gasteiger partial charge in [-0.3, -0.25) is 4.90 Å². The molecule has 4 rings (SSSR count). The molecule has 0 aromatic heterocycles. The van der Waals surface area contributed by atoms with Crippen molar-refractivity contribution in [1.29, 1.82) is 0 Å². The number of fused-ring (bicyclic) bond motifs is 3. The van der Waals surface area contributed by atoms with E-state index in [-0.39, 0.29) is 12.0 Å². The van der Waals surface area contributed by atoms with E-state index in [1.807, 2.05) is 18.2 Å². The van der Waals surface area contributed by atoms with Gasteiger partial charge in [0.2, 0.25) is 0 Å². The summed E-state index contributed by atoms with van der Waals surface area (Å²) in [6, 6.07) is 12.1. The summed E-state index contributed by atoms with van der Waals surface area (Å²) >= 11 is 0. The summed E-state index contributed by atoms with van der Waals surface area (Å²) in [5.41, 5.74) is 2.51. The summed E-state index contributed by atoms with van der Waals surface area (Å²) in [4.78, 5) is 2.33. The third-order valence-corrected chi connectivity index (χ3v) is 5.88. The van der Waals surface area contributed by atoms with Crippen molar-refractivity contribution in [1.82, 2.24) is 4.90 Å². The fraction of sp³-hybridized carbons (Fsp3) is 0.429. The summed E-state index contributed by atoms with van der Waals surface area (Å²) in [7, 11) is 3.75. The van der Waals surface area contributed by atoms with Gasteiger partial charge in [0.05, 0.1) is 12.7 Å². The number of likely N-dealkylation sites (tertiary alicyclic amines) is 1. The number of ether oxygens (including phenoxy) is 1. The highest BCUT2D eigenvalue weighted by Crippen LogP contribution is 2.55. The zero-order valence-corrected chi connectivity index (χ0v) is 14.9. The largest absolute Gasteiger partial charge is 0.497 e. The third-order valence-electron chi connectivity index (χ3n) is 5.88. The lowest BCUT2D eigenvalue weighted by molar-refractivity contribution is -0.137. The van der Waals surface area contributed by atoms with Crippen molar-refractivity contribution in [2.24, 2.45) is 5.92 Å². The van der Waals surface area contributed by atoms with Crippen LogP contribution in [0.3, 0.4) is 0 Å². The Bertz CT molecular complexity index is 817. The van der Waals surface area contributed by atoms with Gasteiger partial charge in [-0.2, -0.15) is 13.2 Å². The van der Waals surface area contributed by atoms with Crippen LogP contribution in [-0.4, -0.2) is 25.6 Å². The van der Waals surface area contributed by atoms with Gasteiger partial charge in [-0.25, -0.2) is 0 Å². The molecule has 1 saturated heterocycles. The van der Waals surface area contributed by atoms with Gasteiger partial charge in [-0.1, -0.05) is 24.3 Å². The summed E-state index contributed by atoms with van der Waals surface area (Å²) in [6.07, 6.45) is -2.23. The van der Waals surface area contributed by atoms with Crippen molar-refractivity contribution >= 4 is 0 Å². The van der Waals surface area contributed by atoms with Crippen LogP contribution in [0.2, 0.25) is 0 Å². The van der Waals surface area contributed by atoms with Crippen molar-refractivity contribution in [3.63, 3.8) is 0 Å². The van der Waals surface area contributed by atoms with Crippen LogP contribution in [-0.2, 0) is 6.18 Å². The molecule has 3 atom stereocenters. The number of alkyl halides is 3. The summed E-state index contributed by atoms with van der Waals surface area (Å²) in [5, 5.41) is 0. The highest BCUT2D eigenvalue weighted by molar-refractivity contribution is 5.50. The highest BCUT2D eigenvalue weighted by atomic mass is 19.4. The first-order valence-corrected chi connectivity index (χ1v) is 8.95. The van der Waals surface area contributed by atoms with Crippen LogP contribution in [0.5, 0.6) is 5.75 Å². The van der Waals surface area contributed by atoms with E-state index in [2.05, 4.69) is 18.0 Å². The van der Waals surface area contributed by atoms with Crippen LogP contribution in [0, 0.1) is 5.92 Å². The standard InChI is InChI=1S/C21H22F3NO/c1-25-10-4-7-17-19(13-5-3-6-14(11-13)21(22,23)24)16-9-8-15(26-2)12-18(16)20(17)25/h3,5-6,8-9,11-12,17,19-20H,4,7,10H2,1-2H3. The number of piperidine rings is 1.